The molecule has 2 fully saturated rings. The Morgan fingerprint density at radius 3 is 2.44 bits per heavy atom. The van der Waals surface area contributed by atoms with Crippen LogP contribution in [-0.4, -0.2) is 50.2 Å². The van der Waals surface area contributed by atoms with Gasteiger partial charge in [0.1, 0.15) is 0 Å². The summed E-state index contributed by atoms with van der Waals surface area (Å²) in [4.78, 5) is 14.1. The summed E-state index contributed by atoms with van der Waals surface area (Å²) < 4.78 is 5.33. The van der Waals surface area contributed by atoms with E-state index >= 15 is 0 Å². The first-order valence-electron chi connectivity index (χ1n) is 7.42. The zero-order valence-corrected chi connectivity index (χ0v) is 11.3. The fraction of sp³-hybridized carbons (Fsp3) is 0.929. The number of carbonyl (C=O) groups excluding carboxylic acids is 1. The van der Waals surface area contributed by atoms with E-state index in [1.807, 2.05) is 4.90 Å². The number of hydrogen-bond donors (Lipinski definition) is 1. The molecule has 0 bridgehead atoms. The highest BCUT2D eigenvalue weighted by Crippen LogP contribution is 2.13. The van der Waals surface area contributed by atoms with Gasteiger partial charge in [-0.15, -0.1) is 0 Å². The maximum absolute atomic E-state index is 12.0. The molecule has 0 aromatic heterocycles. The molecule has 2 heterocycles. The quantitative estimate of drug-likeness (QED) is 0.824. The summed E-state index contributed by atoms with van der Waals surface area (Å²) in [6.07, 6.45) is 7.16. The van der Waals surface area contributed by atoms with Crippen LogP contribution >= 0.6 is 0 Å². The fourth-order valence-electron chi connectivity index (χ4n) is 2.77. The zero-order chi connectivity index (χ0) is 12.6. The van der Waals surface area contributed by atoms with Crippen molar-refractivity contribution in [2.24, 2.45) is 5.92 Å². The Morgan fingerprint density at radius 1 is 1.11 bits per heavy atom. The van der Waals surface area contributed by atoms with E-state index in [0.29, 0.717) is 12.5 Å². The third-order valence-corrected chi connectivity index (χ3v) is 4.01. The number of amides is 1. The summed E-state index contributed by atoms with van der Waals surface area (Å²) in [5.74, 6) is 0.972. The van der Waals surface area contributed by atoms with Gasteiger partial charge in [-0.25, -0.2) is 0 Å². The van der Waals surface area contributed by atoms with Crippen molar-refractivity contribution >= 4 is 5.91 Å². The van der Waals surface area contributed by atoms with E-state index in [4.69, 9.17) is 4.74 Å². The number of nitrogens with one attached hydrogen (secondary N) is 1. The SMILES string of the molecule is O=C(CNCC1CCOCC1)N1CCCCCC1. The van der Waals surface area contributed by atoms with Gasteiger partial charge in [-0.3, -0.25) is 4.79 Å². The highest BCUT2D eigenvalue weighted by molar-refractivity contribution is 5.78. The molecule has 0 aliphatic carbocycles. The van der Waals surface area contributed by atoms with E-state index in [1.165, 1.54) is 25.7 Å². The van der Waals surface area contributed by atoms with Crippen LogP contribution in [0.2, 0.25) is 0 Å². The summed E-state index contributed by atoms with van der Waals surface area (Å²) in [5.41, 5.74) is 0. The minimum absolute atomic E-state index is 0.281. The Labute approximate surface area is 110 Å². The molecule has 2 rings (SSSR count). The van der Waals surface area contributed by atoms with Crippen molar-refractivity contribution < 1.29 is 9.53 Å². The van der Waals surface area contributed by atoms with Crippen LogP contribution in [0.5, 0.6) is 0 Å². The van der Waals surface area contributed by atoms with Crippen LogP contribution in [0.4, 0.5) is 0 Å². The van der Waals surface area contributed by atoms with Gasteiger partial charge in [-0.2, -0.15) is 0 Å². The second-order valence-corrected chi connectivity index (χ2v) is 5.48. The summed E-state index contributed by atoms with van der Waals surface area (Å²) in [6, 6.07) is 0. The smallest absolute Gasteiger partial charge is 0.236 e. The number of rotatable bonds is 4. The molecule has 18 heavy (non-hydrogen) atoms. The van der Waals surface area contributed by atoms with Crippen molar-refractivity contribution in [3.05, 3.63) is 0 Å². The average molecular weight is 254 g/mol. The van der Waals surface area contributed by atoms with Gasteiger partial charge >= 0.3 is 0 Å². The van der Waals surface area contributed by atoms with Gasteiger partial charge in [-0.1, -0.05) is 12.8 Å². The summed E-state index contributed by atoms with van der Waals surface area (Å²) in [7, 11) is 0. The Hall–Kier alpha value is -0.610. The monoisotopic (exact) mass is 254 g/mol. The van der Waals surface area contributed by atoms with Crippen LogP contribution in [0.1, 0.15) is 38.5 Å². The third kappa shape index (κ3) is 4.58. The molecule has 104 valence electrons. The molecule has 0 saturated carbocycles. The first-order valence-corrected chi connectivity index (χ1v) is 7.42. The molecule has 0 radical (unpaired) electrons. The van der Waals surface area contributed by atoms with Crippen molar-refractivity contribution in [2.45, 2.75) is 38.5 Å². The molecule has 2 aliphatic heterocycles. The summed E-state index contributed by atoms with van der Waals surface area (Å²) in [5, 5.41) is 3.33. The molecule has 4 nitrogen and oxygen atoms in total. The first-order chi connectivity index (χ1) is 8.86. The van der Waals surface area contributed by atoms with Crippen LogP contribution < -0.4 is 5.32 Å². The largest absolute Gasteiger partial charge is 0.381 e. The second-order valence-electron chi connectivity index (χ2n) is 5.48. The number of ether oxygens (including phenoxy) is 1. The van der Waals surface area contributed by atoms with Crippen LogP contribution in [0.25, 0.3) is 0 Å². The Balaban J connectivity index is 1.61. The maximum Gasteiger partial charge on any atom is 0.236 e. The van der Waals surface area contributed by atoms with E-state index < -0.39 is 0 Å². The first kappa shape index (κ1) is 13.8. The molecule has 2 saturated heterocycles. The highest BCUT2D eigenvalue weighted by Gasteiger charge is 2.17. The lowest BCUT2D eigenvalue weighted by Gasteiger charge is -2.24. The predicted molar refractivity (Wildman–Crippen MR) is 71.5 cm³/mol. The standard InChI is InChI=1S/C14H26N2O2/c17-14(16-7-3-1-2-4-8-16)12-15-11-13-5-9-18-10-6-13/h13,15H,1-12H2. The summed E-state index contributed by atoms with van der Waals surface area (Å²) >= 11 is 0. The minimum Gasteiger partial charge on any atom is -0.381 e. The van der Waals surface area contributed by atoms with Crippen molar-refractivity contribution in [1.29, 1.82) is 0 Å². The summed E-state index contributed by atoms with van der Waals surface area (Å²) in [6.45, 7) is 5.15. The molecular weight excluding hydrogens is 228 g/mol. The lowest BCUT2D eigenvalue weighted by Crippen LogP contribution is -2.40. The number of carbonyl (C=O) groups is 1. The average Bonchev–Trinajstić information content (AvgIpc) is 2.69. The number of nitrogens with zero attached hydrogens (tertiary/aromatic N) is 1. The number of likely N-dealkylation sites (tertiary alicyclic amines) is 1. The second kappa shape index (κ2) is 7.74. The molecule has 2 aliphatic rings. The lowest BCUT2D eigenvalue weighted by molar-refractivity contribution is -0.130. The van der Waals surface area contributed by atoms with Crippen molar-refractivity contribution in [1.82, 2.24) is 10.2 Å². The number of hydrogen-bond acceptors (Lipinski definition) is 3. The van der Waals surface area contributed by atoms with Crippen LogP contribution in [0.15, 0.2) is 0 Å². The van der Waals surface area contributed by atoms with E-state index in [2.05, 4.69) is 5.32 Å². The topological polar surface area (TPSA) is 41.6 Å². The normalized spacial score (nSPS) is 22.8. The van der Waals surface area contributed by atoms with Crippen LogP contribution in [-0.2, 0) is 9.53 Å². The molecule has 0 unspecified atom stereocenters. The van der Waals surface area contributed by atoms with Gasteiger partial charge in [0.05, 0.1) is 6.54 Å². The van der Waals surface area contributed by atoms with Gasteiger partial charge in [0.25, 0.3) is 0 Å². The van der Waals surface area contributed by atoms with E-state index in [1.54, 1.807) is 0 Å². The Kier molecular flexibility index (Phi) is 5.94. The Morgan fingerprint density at radius 2 is 1.78 bits per heavy atom. The van der Waals surface area contributed by atoms with Crippen LogP contribution in [0, 0.1) is 5.92 Å². The molecule has 0 spiro atoms. The van der Waals surface area contributed by atoms with Crippen molar-refractivity contribution in [3.8, 4) is 0 Å². The van der Waals surface area contributed by atoms with Gasteiger partial charge in [0, 0.05) is 26.3 Å². The van der Waals surface area contributed by atoms with Crippen molar-refractivity contribution in [2.75, 3.05) is 39.4 Å². The van der Waals surface area contributed by atoms with Gasteiger partial charge in [0.15, 0.2) is 0 Å². The van der Waals surface area contributed by atoms with E-state index in [-0.39, 0.29) is 5.91 Å². The lowest BCUT2D eigenvalue weighted by atomic mass is 10.0. The molecule has 4 heteroatoms. The van der Waals surface area contributed by atoms with Crippen molar-refractivity contribution in [3.63, 3.8) is 0 Å². The molecule has 1 amide bonds. The zero-order valence-electron chi connectivity index (χ0n) is 11.3. The van der Waals surface area contributed by atoms with Gasteiger partial charge in [-0.05, 0) is 38.1 Å². The minimum atomic E-state index is 0.281. The molecule has 0 aromatic rings. The Bertz CT molecular complexity index is 244. The highest BCUT2D eigenvalue weighted by atomic mass is 16.5. The van der Waals surface area contributed by atoms with Crippen LogP contribution in [0.3, 0.4) is 0 Å². The van der Waals surface area contributed by atoms with E-state index in [9.17, 15) is 4.79 Å². The molecule has 1 N–H and O–H groups in total. The third-order valence-electron chi connectivity index (χ3n) is 4.01. The molecule has 0 atom stereocenters. The van der Waals surface area contributed by atoms with Gasteiger partial charge < -0.3 is 15.0 Å². The maximum atomic E-state index is 12.0. The molecular formula is C14H26N2O2. The fourth-order valence-corrected chi connectivity index (χ4v) is 2.77. The van der Waals surface area contributed by atoms with Gasteiger partial charge in [0.2, 0.25) is 5.91 Å². The predicted octanol–water partition coefficient (Wildman–Crippen LogP) is 1.41. The molecule has 0 aromatic carbocycles. The van der Waals surface area contributed by atoms with E-state index in [0.717, 1.165) is 45.7 Å².